The number of benzene rings is 3. The van der Waals surface area contributed by atoms with Gasteiger partial charge in [-0.2, -0.15) is 0 Å². The molecule has 0 saturated carbocycles. The van der Waals surface area contributed by atoms with Crippen LogP contribution in [0.5, 0.6) is 34.5 Å². The van der Waals surface area contributed by atoms with Crippen LogP contribution in [-0.4, -0.2) is 42.4 Å². The molecule has 0 radical (unpaired) electrons. The zero-order valence-corrected chi connectivity index (χ0v) is 17.9. The van der Waals surface area contributed by atoms with Gasteiger partial charge in [-0.15, -0.1) is 0 Å². The molecule has 8 nitrogen and oxygen atoms in total. The summed E-state index contributed by atoms with van der Waals surface area (Å²) >= 11 is 0. The van der Waals surface area contributed by atoms with Crippen LogP contribution in [-0.2, 0) is 5.54 Å². The summed E-state index contributed by atoms with van der Waals surface area (Å²) in [5.74, 6) is -1.45. The summed E-state index contributed by atoms with van der Waals surface area (Å²) in [6.45, 7) is 1.95. The normalized spacial score (nSPS) is 18.0. The van der Waals surface area contributed by atoms with Gasteiger partial charge in [-0.05, 0) is 60.5 Å². The second kappa shape index (κ2) is 6.77. The van der Waals surface area contributed by atoms with E-state index in [9.17, 15) is 30.6 Å². The Labute approximate surface area is 188 Å². The number of hydrogen-bond donors (Lipinski definition) is 6. The lowest BCUT2D eigenvalue weighted by atomic mass is 9.91. The number of nitrogens with zero attached hydrogens (tertiary/aromatic N) is 2. The quantitative estimate of drug-likeness (QED) is 0.260. The number of hydrogen-bond acceptors (Lipinski definition) is 7. The largest absolute Gasteiger partial charge is 0.504 e. The lowest BCUT2D eigenvalue weighted by Crippen LogP contribution is -2.44. The summed E-state index contributed by atoms with van der Waals surface area (Å²) in [6.07, 6.45) is 3.80. The van der Waals surface area contributed by atoms with Gasteiger partial charge in [-0.1, -0.05) is 12.1 Å². The highest BCUT2D eigenvalue weighted by Crippen LogP contribution is 2.37. The second-order valence-electron chi connectivity index (χ2n) is 8.38. The molecule has 0 spiro atoms. The van der Waals surface area contributed by atoms with Crippen molar-refractivity contribution in [3.05, 3.63) is 70.2 Å². The average Bonchev–Trinajstić information content (AvgIpc) is 3.19. The van der Waals surface area contributed by atoms with E-state index >= 15 is 0 Å². The lowest BCUT2D eigenvalue weighted by Gasteiger charge is -2.35. The predicted molar refractivity (Wildman–Crippen MR) is 124 cm³/mol. The Bertz CT molecular complexity index is 1570. The molecule has 1 aromatic heterocycles. The zero-order valence-electron chi connectivity index (χ0n) is 17.9. The minimum atomic E-state index is -0.720. The van der Waals surface area contributed by atoms with Crippen molar-refractivity contribution in [2.24, 2.45) is 0 Å². The van der Waals surface area contributed by atoms with E-state index in [1.54, 1.807) is 12.1 Å². The van der Waals surface area contributed by atoms with Crippen LogP contribution in [0, 0.1) is 0 Å². The van der Waals surface area contributed by atoms with Crippen LogP contribution in [0.15, 0.2) is 48.5 Å². The van der Waals surface area contributed by atoms with Crippen molar-refractivity contribution < 1.29 is 30.6 Å². The maximum Gasteiger partial charge on any atom is 0.159 e. The van der Waals surface area contributed by atoms with E-state index < -0.39 is 5.54 Å². The summed E-state index contributed by atoms with van der Waals surface area (Å²) < 4.78 is 1.89. The molecule has 0 saturated heterocycles. The van der Waals surface area contributed by atoms with E-state index in [0.29, 0.717) is 16.5 Å². The Balaban J connectivity index is 1.86. The van der Waals surface area contributed by atoms with Gasteiger partial charge in [0.2, 0.25) is 0 Å². The molecule has 2 heterocycles. The van der Waals surface area contributed by atoms with Gasteiger partial charge in [0.05, 0.1) is 16.4 Å². The molecule has 4 aromatic rings. The summed E-state index contributed by atoms with van der Waals surface area (Å²) in [5.41, 5.74) is 1.27. The van der Waals surface area contributed by atoms with Crippen LogP contribution in [0.25, 0.3) is 23.1 Å². The Hall–Kier alpha value is -4.46. The summed E-state index contributed by atoms with van der Waals surface area (Å²) in [6, 6.07) is 12.1. The van der Waals surface area contributed by atoms with Gasteiger partial charge < -0.3 is 35.6 Å². The van der Waals surface area contributed by atoms with Crippen molar-refractivity contribution in [2.75, 3.05) is 12.1 Å². The average molecular weight is 446 g/mol. The topological polar surface area (TPSA) is 130 Å². The van der Waals surface area contributed by atoms with Crippen LogP contribution >= 0.6 is 0 Å². The van der Waals surface area contributed by atoms with Crippen LogP contribution < -0.4 is 15.6 Å². The van der Waals surface area contributed by atoms with Gasteiger partial charge in [0.1, 0.15) is 0 Å². The lowest BCUT2D eigenvalue weighted by molar-refractivity contribution is 0.401. The number of aromatic nitrogens is 1. The van der Waals surface area contributed by atoms with Crippen LogP contribution in [0.3, 0.4) is 0 Å². The zero-order chi connectivity index (χ0) is 23.7. The molecule has 1 aliphatic rings. The highest BCUT2D eigenvalue weighted by Gasteiger charge is 2.36. The first-order valence-corrected chi connectivity index (χ1v) is 10.2. The molecule has 8 heteroatoms. The molecular weight excluding hydrogens is 424 g/mol. The third-order valence-electron chi connectivity index (χ3n) is 6.38. The molecule has 0 aliphatic carbocycles. The summed E-state index contributed by atoms with van der Waals surface area (Å²) in [4.78, 5) is 0. The number of fused-ring (bicyclic) bond motifs is 3. The molecule has 0 fully saturated rings. The molecule has 168 valence electrons. The van der Waals surface area contributed by atoms with Crippen LogP contribution in [0.2, 0.25) is 0 Å². The first kappa shape index (κ1) is 20.4. The first-order chi connectivity index (χ1) is 15.6. The maximum absolute atomic E-state index is 10.2. The highest BCUT2D eigenvalue weighted by atomic mass is 16.3. The van der Waals surface area contributed by atoms with E-state index in [4.69, 9.17) is 0 Å². The van der Waals surface area contributed by atoms with E-state index in [-0.39, 0.29) is 34.5 Å². The Kier molecular flexibility index (Phi) is 4.19. The first-order valence-electron chi connectivity index (χ1n) is 10.2. The number of rotatable bonds is 2. The van der Waals surface area contributed by atoms with Gasteiger partial charge >= 0.3 is 0 Å². The highest BCUT2D eigenvalue weighted by molar-refractivity contribution is 5.88. The molecule has 0 bridgehead atoms. The van der Waals surface area contributed by atoms with Crippen molar-refractivity contribution >= 4 is 23.1 Å². The second-order valence-corrected chi connectivity index (χ2v) is 8.38. The number of aromatic hydroxyl groups is 6. The predicted octanol–water partition coefficient (Wildman–Crippen LogP) is 1.98. The minimum Gasteiger partial charge on any atom is -0.504 e. The van der Waals surface area contributed by atoms with Gasteiger partial charge in [-0.3, -0.25) is 4.68 Å². The van der Waals surface area contributed by atoms with Gasteiger partial charge in [-0.25, -0.2) is 0 Å². The van der Waals surface area contributed by atoms with Gasteiger partial charge in [0.15, 0.2) is 34.5 Å². The van der Waals surface area contributed by atoms with Crippen molar-refractivity contribution in [1.82, 2.24) is 4.68 Å². The van der Waals surface area contributed by atoms with Crippen molar-refractivity contribution in [1.29, 1.82) is 0 Å². The molecule has 6 N–H and O–H groups in total. The standard InChI is InChI=1S/C25H22N2O6/c1-25(14-4-6-20(29)22(31)9-14)12-18-15(7-13-3-5-19(28)21(30)8-13)16-10-23(32)24(33)11-17(16)27(18)26(25)2/h3-12,28-33H,1-2H3/b15-7-. The van der Waals surface area contributed by atoms with Gasteiger partial charge in [0, 0.05) is 23.7 Å². The fourth-order valence-electron chi connectivity index (χ4n) is 4.43. The monoisotopic (exact) mass is 446 g/mol. The third kappa shape index (κ3) is 2.91. The SMILES string of the molecule is CN1n2c(/c(=C\c3ccc(O)c(O)c3)c3cc(O)c(O)cc32)=CC1(C)c1ccc(O)c(O)c1. The summed E-state index contributed by atoms with van der Waals surface area (Å²) in [5, 5.41) is 63.8. The molecule has 1 aliphatic heterocycles. The molecule has 1 atom stereocenters. The third-order valence-corrected chi connectivity index (χ3v) is 6.38. The van der Waals surface area contributed by atoms with Gasteiger partial charge in [0.25, 0.3) is 0 Å². The van der Waals surface area contributed by atoms with E-state index in [2.05, 4.69) is 0 Å². The molecule has 33 heavy (non-hydrogen) atoms. The van der Waals surface area contributed by atoms with Crippen LogP contribution in [0.1, 0.15) is 18.1 Å². The number of phenolic OH excluding ortho intramolecular Hbond substituents is 6. The van der Waals surface area contributed by atoms with Crippen molar-refractivity contribution in [3.8, 4) is 34.5 Å². The molecule has 3 aromatic carbocycles. The summed E-state index contributed by atoms with van der Waals surface area (Å²) in [7, 11) is 1.86. The fourth-order valence-corrected chi connectivity index (χ4v) is 4.43. The van der Waals surface area contributed by atoms with E-state index in [0.717, 1.165) is 16.1 Å². The van der Waals surface area contributed by atoms with Crippen molar-refractivity contribution in [3.63, 3.8) is 0 Å². The van der Waals surface area contributed by atoms with E-state index in [1.807, 2.05) is 35.8 Å². The number of phenols is 6. The Morgan fingerprint density at radius 1 is 0.727 bits per heavy atom. The molecule has 1 unspecified atom stereocenters. The van der Waals surface area contributed by atoms with Crippen molar-refractivity contribution in [2.45, 2.75) is 12.5 Å². The Morgan fingerprint density at radius 2 is 1.33 bits per heavy atom. The molecule has 0 amide bonds. The smallest absolute Gasteiger partial charge is 0.159 e. The molecular formula is C25H22N2O6. The minimum absolute atomic E-state index is 0.213. The fraction of sp³-hybridized carbons (Fsp3) is 0.120. The maximum atomic E-state index is 10.2. The molecule has 5 rings (SSSR count). The Morgan fingerprint density at radius 3 is 2.00 bits per heavy atom. The van der Waals surface area contributed by atoms with E-state index in [1.165, 1.54) is 36.4 Å². The van der Waals surface area contributed by atoms with Crippen LogP contribution in [0.4, 0.5) is 0 Å².